The molecular formula is C23H19Cl2N3O3. The predicted octanol–water partition coefficient (Wildman–Crippen LogP) is 3.73. The van der Waals surface area contributed by atoms with Crippen LogP contribution in [0.25, 0.3) is 0 Å². The van der Waals surface area contributed by atoms with Crippen LogP contribution in [0.5, 0.6) is 0 Å². The molecule has 158 valence electrons. The van der Waals surface area contributed by atoms with E-state index in [2.05, 4.69) is 10.2 Å². The van der Waals surface area contributed by atoms with Crippen molar-refractivity contribution in [2.24, 2.45) is 11.8 Å². The highest BCUT2D eigenvalue weighted by Crippen LogP contribution is 2.61. The lowest BCUT2D eigenvalue weighted by Gasteiger charge is -2.36. The molecule has 0 aliphatic carbocycles. The second kappa shape index (κ2) is 6.31. The molecule has 4 aliphatic rings. The van der Waals surface area contributed by atoms with Crippen molar-refractivity contribution in [3.05, 3.63) is 57.6 Å². The fraction of sp³-hybridized carbons (Fsp3) is 0.348. The molecule has 3 fully saturated rings. The standard InChI is InChI=1S/C23H19Cl2N3O3/c1-11-9-13(25)10-15-19(11)26-22(31)23(15)18-17(16-3-2-8-27(16)23)20(29)28(21(18)30)14-6-4-12(24)5-7-14/h4-7,9-10,16-18H,2-3,8H2,1H3,(H,26,31)/t16-,17+,18-,23+/m0/s1. The average molecular weight is 456 g/mol. The molecule has 6 nitrogen and oxygen atoms in total. The van der Waals surface area contributed by atoms with Crippen LogP contribution in [0.1, 0.15) is 24.0 Å². The number of rotatable bonds is 1. The van der Waals surface area contributed by atoms with Gasteiger partial charge in [-0.05, 0) is 68.3 Å². The lowest BCUT2D eigenvalue weighted by atomic mass is 9.75. The molecule has 6 rings (SSSR count). The summed E-state index contributed by atoms with van der Waals surface area (Å²) >= 11 is 12.4. The second-order valence-corrected chi connectivity index (χ2v) is 9.63. The summed E-state index contributed by atoms with van der Waals surface area (Å²) in [6, 6.07) is 10.1. The molecule has 31 heavy (non-hydrogen) atoms. The summed E-state index contributed by atoms with van der Waals surface area (Å²) in [5, 5.41) is 4.05. The smallest absolute Gasteiger partial charge is 0.250 e. The van der Waals surface area contributed by atoms with Crippen molar-refractivity contribution in [2.45, 2.75) is 31.3 Å². The molecule has 0 bridgehead atoms. The lowest BCUT2D eigenvalue weighted by molar-refractivity contribution is -0.135. The average Bonchev–Trinajstić information content (AvgIpc) is 3.42. The minimum absolute atomic E-state index is 0.158. The van der Waals surface area contributed by atoms with Crippen molar-refractivity contribution >= 4 is 52.3 Å². The Morgan fingerprint density at radius 3 is 2.52 bits per heavy atom. The van der Waals surface area contributed by atoms with Gasteiger partial charge in [-0.25, -0.2) is 4.90 Å². The van der Waals surface area contributed by atoms with Crippen LogP contribution in [0.15, 0.2) is 36.4 Å². The topological polar surface area (TPSA) is 69.7 Å². The van der Waals surface area contributed by atoms with E-state index in [4.69, 9.17) is 23.2 Å². The van der Waals surface area contributed by atoms with Gasteiger partial charge in [0.1, 0.15) is 5.54 Å². The van der Waals surface area contributed by atoms with E-state index >= 15 is 0 Å². The normalized spacial score (nSPS) is 31.4. The number of benzene rings is 2. The first-order chi connectivity index (χ1) is 14.9. The zero-order valence-corrected chi connectivity index (χ0v) is 18.2. The number of nitrogens with one attached hydrogen (secondary N) is 1. The minimum Gasteiger partial charge on any atom is -0.324 e. The summed E-state index contributed by atoms with van der Waals surface area (Å²) in [7, 11) is 0. The number of fused-ring (bicyclic) bond motifs is 7. The van der Waals surface area contributed by atoms with Crippen LogP contribution in [0.3, 0.4) is 0 Å². The summed E-state index contributed by atoms with van der Waals surface area (Å²) in [5.41, 5.74) is 1.52. The number of imide groups is 1. The Kier molecular flexibility index (Phi) is 3.93. The molecule has 0 saturated carbocycles. The number of amides is 3. The van der Waals surface area contributed by atoms with Gasteiger partial charge in [-0.15, -0.1) is 0 Å². The highest BCUT2D eigenvalue weighted by molar-refractivity contribution is 6.32. The quantitative estimate of drug-likeness (QED) is 0.665. The maximum atomic E-state index is 13.8. The molecule has 3 saturated heterocycles. The predicted molar refractivity (Wildman–Crippen MR) is 117 cm³/mol. The van der Waals surface area contributed by atoms with Gasteiger partial charge in [0.05, 0.1) is 17.5 Å². The van der Waals surface area contributed by atoms with Crippen LogP contribution in [0.2, 0.25) is 10.0 Å². The Labute approximate surface area is 189 Å². The van der Waals surface area contributed by atoms with Crippen molar-refractivity contribution in [1.29, 1.82) is 0 Å². The maximum absolute atomic E-state index is 13.8. The molecule has 1 N–H and O–H groups in total. The fourth-order valence-corrected chi connectivity index (χ4v) is 6.68. The number of halogens is 2. The number of hydrogen-bond donors (Lipinski definition) is 1. The van der Waals surface area contributed by atoms with E-state index in [1.54, 1.807) is 36.4 Å². The molecule has 3 amide bonds. The second-order valence-electron chi connectivity index (χ2n) is 8.76. The largest absolute Gasteiger partial charge is 0.324 e. The van der Waals surface area contributed by atoms with E-state index in [-0.39, 0.29) is 23.8 Å². The van der Waals surface area contributed by atoms with Crippen LogP contribution in [0, 0.1) is 18.8 Å². The molecule has 0 unspecified atom stereocenters. The Hall–Kier alpha value is -2.41. The number of hydrogen-bond acceptors (Lipinski definition) is 4. The van der Waals surface area contributed by atoms with Crippen LogP contribution >= 0.6 is 23.2 Å². The van der Waals surface area contributed by atoms with E-state index in [0.717, 1.165) is 18.4 Å². The fourth-order valence-electron chi connectivity index (χ4n) is 6.28. The summed E-state index contributed by atoms with van der Waals surface area (Å²) in [6.45, 7) is 2.55. The van der Waals surface area contributed by atoms with Gasteiger partial charge in [-0.1, -0.05) is 23.2 Å². The number of carbonyl (C=O) groups is 3. The van der Waals surface area contributed by atoms with E-state index in [1.807, 2.05) is 6.92 Å². The molecular weight excluding hydrogens is 437 g/mol. The maximum Gasteiger partial charge on any atom is 0.250 e. The minimum atomic E-state index is -1.22. The van der Waals surface area contributed by atoms with Crippen LogP contribution in [-0.4, -0.2) is 35.2 Å². The lowest BCUT2D eigenvalue weighted by Crippen LogP contribution is -2.54. The number of anilines is 2. The highest BCUT2D eigenvalue weighted by atomic mass is 35.5. The third-order valence-corrected chi connectivity index (χ3v) is 7.82. The molecule has 0 radical (unpaired) electrons. The van der Waals surface area contributed by atoms with Gasteiger partial charge in [-0.2, -0.15) is 0 Å². The van der Waals surface area contributed by atoms with E-state index < -0.39 is 17.4 Å². The van der Waals surface area contributed by atoms with E-state index in [9.17, 15) is 14.4 Å². The number of nitrogens with zero attached hydrogens (tertiary/aromatic N) is 2. The first-order valence-electron chi connectivity index (χ1n) is 10.4. The summed E-state index contributed by atoms with van der Waals surface area (Å²) in [4.78, 5) is 44.4. The van der Waals surface area contributed by atoms with Gasteiger partial charge in [0.25, 0.3) is 0 Å². The van der Waals surface area contributed by atoms with Crippen molar-refractivity contribution in [1.82, 2.24) is 4.90 Å². The van der Waals surface area contributed by atoms with Gasteiger partial charge in [-0.3, -0.25) is 19.3 Å². The molecule has 8 heteroatoms. The molecule has 4 atom stereocenters. The van der Waals surface area contributed by atoms with E-state index in [1.165, 1.54) is 4.90 Å². The molecule has 0 aromatic heterocycles. The van der Waals surface area contributed by atoms with Crippen LogP contribution in [-0.2, 0) is 19.9 Å². The van der Waals surface area contributed by atoms with Crippen molar-refractivity contribution < 1.29 is 14.4 Å². The highest BCUT2D eigenvalue weighted by Gasteiger charge is 2.74. The number of carbonyl (C=O) groups excluding carboxylic acids is 3. The monoisotopic (exact) mass is 455 g/mol. The Morgan fingerprint density at radius 1 is 1.03 bits per heavy atom. The zero-order chi connectivity index (χ0) is 21.7. The number of aryl methyl sites for hydroxylation is 1. The van der Waals surface area contributed by atoms with Crippen LogP contribution < -0.4 is 10.2 Å². The van der Waals surface area contributed by atoms with Crippen molar-refractivity contribution in [2.75, 3.05) is 16.8 Å². The summed E-state index contributed by atoms with van der Waals surface area (Å²) in [5.74, 6) is -2.19. The molecule has 2 aromatic rings. The molecule has 4 heterocycles. The third kappa shape index (κ3) is 2.25. The Bertz CT molecular complexity index is 1180. The van der Waals surface area contributed by atoms with Gasteiger partial charge in [0.15, 0.2) is 0 Å². The summed E-state index contributed by atoms with van der Waals surface area (Å²) in [6.07, 6.45) is 1.65. The SMILES string of the molecule is Cc1cc(Cl)cc2c1NC(=O)[C@]21[C@@H]2C(=O)N(c3ccc(Cl)cc3)C(=O)[C@@H]2[C@@H]2CCCN21. The van der Waals surface area contributed by atoms with Gasteiger partial charge >= 0.3 is 0 Å². The Morgan fingerprint density at radius 2 is 1.77 bits per heavy atom. The molecule has 1 spiro atoms. The first-order valence-corrected chi connectivity index (χ1v) is 11.1. The van der Waals surface area contributed by atoms with Gasteiger partial charge in [0, 0.05) is 27.3 Å². The van der Waals surface area contributed by atoms with Crippen molar-refractivity contribution in [3.63, 3.8) is 0 Å². The van der Waals surface area contributed by atoms with Crippen molar-refractivity contribution in [3.8, 4) is 0 Å². The van der Waals surface area contributed by atoms with Crippen LogP contribution in [0.4, 0.5) is 11.4 Å². The third-order valence-electron chi connectivity index (χ3n) is 7.35. The summed E-state index contributed by atoms with van der Waals surface area (Å²) < 4.78 is 0. The zero-order valence-electron chi connectivity index (χ0n) is 16.7. The molecule has 2 aromatic carbocycles. The van der Waals surface area contributed by atoms with E-state index in [0.29, 0.717) is 33.5 Å². The first kappa shape index (κ1) is 19.3. The Balaban J connectivity index is 1.57. The van der Waals surface area contributed by atoms with Gasteiger partial charge in [0.2, 0.25) is 17.7 Å². The van der Waals surface area contributed by atoms with Gasteiger partial charge < -0.3 is 5.32 Å². The molecule has 4 aliphatic heterocycles.